The van der Waals surface area contributed by atoms with Crippen LogP contribution in [0.5, 0.6) is 5.75 Å². The van der Waals surface area contributed by atoms with Crippen molar-refractivity contribution in [3.63, 3.8) is 0 Å². The normalized spacial score (nSPS) is 12.1. The molecule has 2 nitrogen and oxygen atoms in total. The highest BCUT2D eigenvalue weighted by Crippen LogP contribution is 2.25. The first kappa shape index (κ1) is 15.6. The number of hydrogen-bond donors (Lipinski definition) is 1. The number of benzene rings is 2. The molecule has 0 fully saturated rings. The van der Waals surface area contributed by atoms with Crippen molar-refractivity contribution < 1.29 is 4.74 Å². The fourth-order valence-corrected chi connectivity index (χ4v) is 2.52. The summed E-state index contributed by atoms with van der Waals surface area (Å²) in [4.78, 5) is 0. The number of hydrogen-bond acceptors (Lipinski definition) is 2. The molecular weight excluding hydrogens is 258 g/mol. The van der Waals surface area contributed by atoms with Gasteiger partial charge in [-0.3, -0.25) is 0 Å². The van der Waals surface area contributed by atoms with Gasteiger partial charge in [0.05, 0.1) is 12.6 Å². The van der Waals surface area contributed by atoms with Crippen LogP contribution in [0.2, 0.25) is 0 Å². The Labute approximate surface area is 128 Å². The monoisotopic (exact) mass is 283 g/mol. The van der Waals surface area contributed by atoms with Crippen LogP contribution in [0.3, 0.4) is 0 Å². The molecule has 1 unspecified atom stereocenters. The summed E-state index contributed by atoms with van der Waals surface area (Å²) < 4.78 is 5.74. The van der Waals surface area contributed by atoms with E-state index in [9.17, 15) is 0 Å². The third-order valence-electron chi connectivity index (χ3n) is 3.65. The Morgan fingerprint density at radius 2 is 1.71 bits per heavy atom. The van der Waals surface area contributed by atoms with Crippen molar-refractivity contribution in [2.24, 2.45) is 0 Å². The van der Waals surface area contributed by atoms with Crippen LogP contribution in [-0.4, -0.2) is 13.7 Å². The van der Waals surface area contributed by atoms with Crippen molar-refractivity contribution in [1.82, 2.24) is 5.32 Å². The van der Waals surface area contributed by atoms with E-state index in [0.29, 0.717) is 0 Å². The molecule has 0 saturated carbocycles. The molecule has 2 heteroatoms. The van der Waals surface area contributed by atoms with Crippen molar-refractivity contribution in [3.05, 3.63) is 65.2 Å². The smallest absolute Gasteiger partial charge is 0.119 e. The Bertz CT molecular complexity index is 565. The lowest BCUT2D eigenvalue weighted by Gasteiger charge is -2.19. The third kappa shape index (κ3) is 4.08. The lowest BCUT2D eigenvalue weighted by Crippen LogP contribution is -2.17. The van der Waals surface area contributed by atoms with Crippen molar-refractivity contribution >= 4 is 0 Å². The molecule has 0 bridgehead atoms. The van der Waals surface area contributed by atoms with Crippen LogP contribution in [0.1, 0.15) is 43.0 Å². The van der Waals surface area contributed by atoms with Gasteiger partial charge in [0, 0.05) is 0 Å². The van der Waals surface area contributed by atoms with Crippen LogP contribution >= 0.6 is 0 Å². The number of aryl methyl sites for hydroxylation is 1. The minimum absolute atomic E-state index is 0.196. The second-order valence-electron chi connectivity index (χ2n) is 5.24. The third-order valence-corrected chi connectivity index (χ3v) is 3.65. The van der Waals surface area contributed by atoms with E-state index >= 15 is 0 Å². The molecule has 0 amide bonds. The number of ether oxygens (including phenoxy) is 1. The van der Waals surface area contributed by atoms with Crippen molar-refractivity contribution in [2.75, 3.05) is 13.7 Å². The first-order chi connectivity index (χ1) is 10.3. The van der Waals surface area contributed by atoms with E-state index in [2.05, 4.69) is 61.6 Å². The van der Waals surface area contributed by atoms with Gasteiger partial charge in [0.1, 0.15) is 5.75 Å². The lowest BCUT2D eigenvalue weighted by atomic mass is 9.96. The molecule has 0 radical (unpaired) electrons. The van der Waals surface area contributed by atoms with E-state index in [4.69, 9.17) is 4.74 Å². The predicted octanol–water partition coefficient (Wildman–Crippen LogP) is 4.35. The largest absolute Gasteiger partial charge is 0.494 e. The molecule has 21 heavy (non-hydrogen) atoms. The van der Waals surface area contributed by atoms with Gasteiger partial charge in [-0.25, -0.2) is 0 Å². The maximum atomic E-state index is 5.74. The molecule has 1 atom stereocenters. The standard InChI is InChI=1S/C19H25NO/c1-4-12-21-18-11-7-10-17(14-18)19(20-3)16-9-6-8-15(5-2)13-16/h6-11,13-14,19-20H,4-5,12H2,1-3H3. The fourth-order valence-electron chi connectivity index (χ4n) is 2.52. The Morgan fingerprint density at radius 1 is 1.00 bits per heavy atom. The van der Waals surface area contributed by atoms with E-state index < -0.39 is 0 Å². The summed E-state index contributed by atoms with van der Waals surface area (Å²) >= 11 is 0. The molecule has 0 aromatic heterocycles. The Balaban J connectivity index is 2.27. The minimum atomic E-state index is 0.196. The summed E-state index contributed by atoms with van der Waals surface area (Å²) in [5, 5.41) is 3.41. The van der Waals surface area contributed by atoms with Crippen LogP contribution < -0.4 is 10.1 Å². The number of nitrogens with one attached hydrogen (secondary N) is 1. The summed E-state index contributed by atoms with van der Waals surface area (Å²) in [5.41, 5.74) is 3.90. The second kappa shape index (κ2) is 7.84. The molecular formula is C19H25NO. The topological polar surface area (TPSA) is 21.3 Å². The maximum Gasteiger partial charge on any atom is 0.119 e. The van der Waals surface area contributed by atoms with Crippen LogP contribution in [0.25, 0.3) is 0 Å². The van der Waals surface area contributed by atoms with Crippen molar-refractivity contribution in [1.29, 1.82) is 0 Å². The molecule has 112 valence electrons. The summed E-state index contributed by atoms with van der Waals surface area (Å²) in [6.07, 6.45) is 2.09. The Kier molecular flexibility index (Phi) is 5.82. The molecule has 0 spiro atoms. The van der Waals surface area contributed by atoms with E-state index in [1.165, 1.54) is 16.7 Å². The highest BCUT2D eigenvalue weighted by molar-refractivity contribution is 5.38. The van der Waals surface area contributed by atoms with Gasteiger partial charge in [-0.05, 0) is 48.7 Å². The highest BCUT2D eigenvalue weighted by Gasteiger charge is 2.12. The first-order valence-corrected chi connectivity index (χ1v) is 7.77. The van der Waals surface area contributed by atoms with E-state index in [1.54, 1.807) is 0 Å². The molecule has 2 aromatic carbocycles. The van der Waals surface area contributed by atoms with E-state index in [-0.39, 0.29) is 6.04 Å². The van der Waals surface area contributed by atoms with Gasteiger partial charge >= 0.3 is 0 Å². The fraction of sp³-hybridized carbons (Fsp3) is 0.368. The average Bonchev–Trinajstić information content (AvgIpc) is 2.54. The molecule has 0 aliphatic carbocycles. The van der Waals surface area contributed by atoms with Gasteiger partial charge in [-0.15, -0.1) is 0 Å². The zero-order chi connectivity index (χ0) is 15.1. The van der Waals surface area contributed by atoms with Crippen LogP contribution in [0.15, 0.2) is 48.5 Å². The summed E-state index contributed by atoms with van der Waals surface area (Å²) in [6.45, 7) is 5.07. The molecule has 0 saturated heterocycles. The minimum Gasteiger partial charge on any atom is -0.494 e. The highest BCUT2D eigenvalue weighted by atomic mass is 16.5. The van der Waals surface area contributed by atoms with Gasteiger partial charge in [0.25, 0.3) is 0 Å². The summed E-state index contributed by atoms with van der Waals surface area (Å²) in [7, 11) is 2.00. The number of rotatable bonds is 7. The Hall–Kier alpha value is -1.80. The molecule has 0 aliphatic rings. The van der Waals surface area contributed by atoms with Crippen molar-refractivity contribution in [2.45, 2.75) is 32.7 Å². The zero-order valence-electron chi connectivity index (χ0n) is 13.2. The van der Waals surface area contributed by atoms with Gasteiger partial charge < -0.3 is 10.1 Å². The Morgan fingerprint density at radius 3 is 2.38 bits per heavy atom. The van der Waals surface area contributed by atoms with Gasteiger partial charge in [0.15, 0.2) is 0 Å². The second-order valence-corrected chi connectivity index (χ2v) is 5.24. The van der Waals surface area contributed by atoms with E-state index in [1.807, 2.05) is 13.1 Å². The van der Waals surface area contributed by atoms with Gasteiger partial charge in [-0.1, -0.05) is 50.2 Å². The summed E-state index contributed by atoms with van der Waals surface area (Å²) in [5.74, 6) is 0.946. The average molecular weight is 283 g/mol. The lowest BCUT2D eigenvalue weighted by molar-refractivity contribution is 0.317. The molecule has 1 N–H and O–H groups in total. The van der Waals surface area contributed by atoms with Crippen molar-refractivity contribution in [3.8, 4) is 5.75 Å². The van der Waals surface area contributed by atoms with Crippen LogP contribution in [-0.2, 0) is 6.42 Å². The SMILES string of the molecule is CCCOc1cccc(C(NC)c2cccc(CC)c2)c1. The molecule has 2 aromatic rings. The predicted molar refractivity (Wildman–Crippen MR) is 89.0 cm³/mol. The maximum absolute atomic E-state index is 5.74. The van der Waals surface area contributed by atoms with Gasteiger partial charge in [-0.2, -0.15) is 0 Å². The van der Waals surface area contributed by atoms with Gasteiger partial charge in [0.2, 0.25) is 0 Å². The van der Waals surface area contributed by atoms with E-state index in [0.717, 1.165) is 25.2 Å². The van der Waals surface area contributed by atoms with Crippen LogP contribution in [0.4, 0.5) is 0 Å². The zero-order valence-corrected chi connectivity index (χ0v) is 13.2. The summed E-state index contributed by atoms with van der Waals surface area (Å²) in [6, 6.07) is 17.3. The molecule has 2 rings (SSSR count). The van der Waals surface area contributed by atoms with Crippen LogP contribution in [0, 0.1) is 0 Å². The molecule has 0 heterocycles. The molecule has 0 aliphatic heterocycles. The quantitative estimate of drug-likeness (QED) is 0.816. The first-order valence-electron chi connectivity index (χ1n) is 7.77.